The fourth-order valence-electron chi connectivity index (χ4n) is 2.38. The van der Waals surface area contributed by atoms with Gasteiger partial charge in [0.1, 0.15) is 5.69 Å². The summed E-state index contributed by atoms with van der Waals surface area (Å²) in [4.78, 5) is 21.1. The molecule has 3 aromatic rings. The predicted molar refractivity (Wildman–Crippen MR) is 78.8 cm³/mol. The number of carbonyl (C=O) groups excluding carboxylic acids is 1. The van der Waals surface area contributed by atoms with Crippen LogP contribution in [0.4, 0.5) is 0 Å². The monoisotopic (exact) mass is 262 g/mol. The average Bonchev–Trinajstić information content (AvgIpc) is 2.53. The van der Waals surface area contributed by atoms with Gasteiger partial charge in [-0.3, -0.25) is 14.8 Å². The van der Waals surface area contributed by atoms with Gasteiger partial charge in [0.15, 0.2) is 0 Å². The Kier molecular flexibility index (Phi) is 3.25. The summed E-state index contributed by atoms with van der Waals surface area (Å²) in [6, 6.07) is 11.4. The molecule has 0 fully saturated rings. The third kappa shape index (κ3) is 2.07. The van der Waals surface area contributed by atoms with Crippen molar-refractivity contribution in [2.75, 3.05) is 0 Å². The van der Waals surface area contributed by atoms with Crippen molar-refractivity contribution < 1.29 is 4.79 Å². The topological polar surface area (TPSA) is 42.9 Å². The fraction of sp³-hybridized carbons (Fsp3) is 0.118. The van der Waals surface area contributed by atoms with Crippen molar-refractivity contribution in [1.29, 1.82) is 0 Å². The lowest BCUT2D eigenvalue weighted by molar-refractivity contribution is 0.103. The highest BCUT2D eigenvalue weighted by Crippen LogP contribution is 2.21. The molecule has 0 aliphatic carbocycles. The van der Waals surface area contributed by atoms with Crippen LogP contribution in [0.15, 0.2) is 55.0 Å². The molecule has 0 radical (unpaired) electrons. The molecule has 0 aliphatic heterocycles. The van der Waals surface area contributed by atoms with Crippen LogP contribution in [0.3, 0.4) is 0 Å². The van der Waals surface area contributed by atoms with Gasteiger partial charge < -0.3 is 0 Å². The fourth-order valence-corrected chi connectivity index (χ4v) is 2.38. The van der Waals surface area contributed by atoms with Crippen LogP contribution >= 0.6 is 0 Å². The van der Waals surface area contributed by atoms with E-state index in [9.17, 15) is 4.79 Å². The molecule has 98 valence electrons. The van der Waals surface area contributed by atoms with Crippen LogP contribution in [0.25, 0.3) is 10.8 Å². The molecule has 2 aromatic heterocycles. The summed E-state index contributed by atoms with van der Waals surface area (Å²) in [6.07, 6.45) is 5.93. The van der Waals surface area contributed by atoms with E-state index < -0.39 is 0 Å². The van der Waals surface area contributed by atoms with Crippen LogP contribution < -0.4 is 0 Å². The molecule has 3 heteroatoms. The largest absolute Gasteiger partial charge is 0.287 e. The van der Waals surface area contributed by atoms with Crippen molar-refractivity contribution in [3.63, 3.8) is 0 Å². The van der Waals surface area contributed by atoms with Gasteiger partial charge in [0.2, 0.25) is 5.78 Å². The van der Waals surface area contributed by atoms with Gasteiger partial charge in [0.05, 0.1) is 0 Å². The Morgan fingerprint density at radius 3 is 2.85 bits per heavy atom. The minimum absolute atomic E-state index is 0.0285. The molecule has 0 unspecified atom stereocenters. The van der Waals surface area contributed by atoms with Gasteiger partial charge in [0, 0.05) is 29.5 Å². The summed E-state index contributed by atoms with van der Waals surface area (Å²) in [7, 11) is 0. The van der Waals surface area contributed by atoms with Gasteiger partial charge >= 0.3 is 0 Å². The molecule has 2 heterocycles. The Bertz CT molecular complexity index is 775. The summed E-state index contributed by atoms with van der Waals surface area (Å²) in [5.74, 6) is -0.0285. The highest BCUT2D eigenvalue weighted by Gasteiger charge is 2.16. The van der Waals surface area contributed by atoms with Crippen molar-refractivity contribution in [1.82, 2.24) is 9.97 Å². The molecule has 0 aliphatic rings. The van der Waals surface area contributed by atoms with Crippen LogP contribution in [0.1, 0.15) is 28.5 Å². The number of aryl methyl sites for hydroxylation is 1. The van der Waals surface area contributed by atoms with E-state index in [4.69, 9.17) is 0 Å². The Morgan fingerprint density at radius 2 is 2.00 bits per heavy atom. The van der Waals surface area contributed by atoms with Crippen LogP contribution in [-0.4, -0.2) is 15.8 Å². The van der Waals surface area contributed by atoms with E-state index in [2.05, 4.69) is 9.97 Å². The van der Waals surface area contributed by atoms with Crippen LogP contribution in [0.2, 0.25) is 0 Å². The molecule has 0 amide bonds. The van der Waals surface area contributed by atoms with Crippen LogP contribution in [-0.2, 0) is 6.42 Å². The van der Waals surface area contributed by atoms with Crippen LogP contribution in [0.5, 0.6) is 0 Å². The van der Waals surface area contributed by atoms with E-state index >= 15 is 0 Å². The van der Waals surface area contributed by atoms with E-state index in [1.54, 1.807) is 18.6 Å². The summed E-state index contributed by atoms with van der Waals surface area (Å²) in [5.41, 5.74) is 2.20. The summed E-state index contributed by atoms with van der Waals surface area (Å²) in [5, 5.41) is 1.88. The molecule has 3 rings (SSSR count). The minimum Gasteiger partial charge on any atom is -0.287 e. The summed E-state index contributed by atoms with van der Waals surface area (Å²) >= 11 is 0. The quantitative estimate of drug-likeness (QED) is 0.679. The zero-order chi connectivity index (χ0) is 13.9. The van der Waals surface area contributed by atoms with Crippen molar-refractivity contribution >= 4 is 16.6 Å². The average molecular weight is 262 g/mol. The first-order chi connectivity index (χ1) is 9.81. The molecule has 3 nitrogen and oxygen atoms in total. The first-order valence-electron chi connectivity index (χ1n) is 6.62. The number of pyridine rings is 2. The number of carbonyl (C=O) groups is 1. The molecule has 20 heavy (non-hydrogen) atoms. The second-order valence-electron chi connectivity index (χ2n) is 4.60. The number of nitrogens with zero attached hydrogens (tertiary/aromatic N) is 2. The van der Waals surface area contributed by atoms with Crippen molar-refractivity contribution in [2.24, 2.45) is 0 Å². The Hall–Kier alpha value is -2.55. The highest BCUT2D eigenvalue weighted by atomic mass is 16.1. The van der Waals surface area contributed by atoms with E-state index in [1.165, 1.54) is 0 Å². The molecule has 0 saturated heterocycles. The molecular weight excluding hydrogens is 248 g/mol. The summed E-state index contributed by atoms with van der Waals surface area (Å²) < 4.78 is 0. The smallest absolute Gasteiger partial charge is 0.212 e. The highest BCUT2D eigenvalue weighted by molar-refractivity contribution is 6.16. The summed E-state index contributed by atoms with van der Waals surface area (Å²) in [6.45, 7) is 2.03. The predicted octanol–water partition coefficient (Wildman–Crippen LogP) is 3.42. The zero-order valence-corrected chi connectivity index (χ0v) is 11.2. The number of rotatable bonds is 3. The second-order valence-corrected chi connectivity index (χ2v) is 4.60. The van der Waals surface area contributed by atoms with Gasteiger partial charge in [-0.25, -0.2) is 0 Å². The molecule has 0 atom stereocenters. The first kappa shape index (κ1) is 12.5. The molecule has 0 saturated carbocycles. The van der Waals surface area contributed by atoms with E-state index in [0.29, 0.717) is 11.3 Å². The number of aromatic nitrogens is 2. The Balaban J connectivity index is 2.18. The van der Waals surface area contributed by atoms with Gasteiger partial charge in [-0.1, -0.05) is 31.2 Å². The first-order valence-corrected chi connectivity index (χ1v) is 6.62. The Labute approximate surface area is 117 Å². The lowest BCUT2D eigenvalue weighted by Gasteiger charge is -2.08. The van der Waals surface area contributed by atoms with Gasteiger partial charge in [-0.05, 0) is 29.5 Å². The number of hydrogen-bond donors (Lipinski definition) is 0. The molecule has 0 N–H and O–H groups in total. The minimum atomic E-state index is -0.0285. The third-order valence-corrected chi connectivity index (χ3v) is 3.41. The normalized spacial score (nSPS) is 10.7. The number of benzene rings is 1. The zero-order valence-electron chi connectivity index (χ0n) is 11.2. The number of ketones is 1. The lowest BCUT2D eigenvalue weighted by Crippen LogP contribution is -2.08. The number of hydrogen-bond acceptors (Lipinski definition) is 3. The Morgan fingerprint density at radius 1 is 1.10 bits per heavy atom. The molecular formula is C17H14N2O. The van der Waals surface area contributed by atoms with Gasteiger partial charge in [0.25, 0.3) is 0 Å². The lowest BCUT2D eigenvalue weighted by atomic mass is 9.98. The van der Waals surface area contributed by atoms with Crippen LogP contribution in [0, 0.1) is 0 Å². The number of fused-ring (bicyclic) bond motifs is 1. The second kappa shape index (κ2) is 5.21. The third-order valence-electron chi connectivity index (χ3n) is 3.41. The maximum Gasteiger partial charge on any atom is 0.212 e. The van der Waals surface area contributed by atoms with Crippen molar-refractivity contribution in [2.45, 2.75) is 13.3 Å². The molecule has 1 aromatic carbocycles. The standard InChI is InChI=1S/C17H14N2O/c1-2-12-6-4-9-19-16(12)17(20)15-7-3-5-13-11-18-10-8-14(13)15/h3-11H,2H2,1H3. The van der Waals surface area contributed by atoms with E-state index in [0.717, 1.165) is 22.8 Å². The molecule has 0 bridgehead atoms. The van der Waals surface area contributed by atoms with E-state index in [1.807, 2.05) is 43.3 Å². The van der Waals surface area contributed by atoms with Crippen molar-refractivity contribution in [3.8, 4) is 0 Å². The van der Waals surface area contributed by atoms with Gasteiger partial charge in [-0.2, -0.15) is 0 Å². The maximum absolute atomic E-state index is 12.8. The maximum atomic E-state index is 12.8. The van der Waals surface area contributed by atoms with E-state index in [-0.39, 0.29) is 5.78 Å². The SMILES string of the molecule is CCc1cccnc1C(=O)c1cccc2cnccc12. The van der Waals surface area contributed by atoms with Crippen molar-refractivity contribution in [3.05, 3.63) is 71.8 Å². The van der Waals surface area contributed by atoms with Gasteiger partial charge in [-0.15, -0.1) is 0 Å². The molecule has 0 spiro atoms.